The van der Waals surface area contributed by atoms with Crippen LogP contribution in [0.25, 0.3) is 10.2 Å². The number of benzene rings is 2. The van der Waals surface area contributed by atoms with Crippen LogP contribution in [0.4, 0.5) is 10.8 Å². The van der Waals surface area contributed by atoms with Crippen LogP contribution in [-0.4, -0.2) is 28.1 Å². The van der Waals surface area contributed by atoms with Crippen molar-refractivity contribution in [3.05, 3.63) is 58.6 Å². The van der Waals surface area contributed by atoms with Crippen LogP contribution in [-0.2, 0) is 4.79 Å². The second-order valence-corrected chi connectivity index (χ2v) is 7.20. The highest BCUT2D eigenvalue weighted by molar-refractivity contribution is 8.00. The van der Waals surface area contributed by atoms with Crippen LogP contribution in [0.15, 0.2) is 53.4 Å². The molecule has 6 nitrogen and oxygen atoms in total. The topological polar surface area (TPSA) is 76.3 Å². The zero-order chi connectivity index (χ0) is 17.8. The van der Waals surface area contributed by atoms with Gasteiger partial charge < -0.3 is 0 Å². The average Bonchev–Trinajstić information content (AvgIpc) is 3.04. The molecule has 0 unspecified atom stereocenters. The molecular formula is C17H15N3O3S2. The monoisotopic (exact) mass is 373 g/mol. The summed E-state index contributed by atoms with van der Waals surface area (Å²) in [5.41, 5.74) is 0.928. The first-order valence-electron chi connectivity index (χ1n) is 7.61. The average molecular weight is 373 g/mol. The number of non-ortho nitro benzene ring substituents is 1. The summed E-state index contributed by atoms with van der Waals surface area (Å²) in [4.78, 5) is 29.8. The van der Waals surface area contributed by atoms with Crippen LogP contribution in [0, 0.1) is 10.1 Å². The number of carbonyl (C=O) groups is 1. The molecule has 25 heavy (non-hydrogen) atoms. The minimum atomic E-state index is -0.439. The lowest BCUT2D eigenvalue weighted by molar-refractivity contribution is -0.384. The molecule has 0 radical (unpaired) electrons. The van der Waals surface area contributed by atoms with Crippen molar-refractivity contribution < 1.29 is 9.72 Å². The number of nitro groups is 1. The third-order valence-corrected chi connectivity index (χ3v) is 5.60. The Kier molecular flexibility index (Phi) is 5.30. The van der Waals surface area contributed by atoms with Gasteiger partial charge in [0, 0.05) is 23.6 Å². The Morgan fingerprint density at radius 2 is 1.96 bits per heavy atom. The first-order valence-corrected chi connectivity index (χ1v) is 9.42. The van der Waals surface area contributed by atoms with Crippen molar-refractivity contribution in [2.24, 2.45) is 0 Å². The van der Waals surface area contributed by atoms with E-state index in [1.165, 1.54) is 35.2 Å². The number of rotatable bonds is 6. The van der Waals surface area contributed by atoms with Gasteiger partial charge >= 0.3 is 0 Å². The van der Waals surface area contributed by atoms with Gasteiger partial charge in [-0.25, -0.2) is 4.98 Å². The van der Waals surface area contributed by atoms with Gasteiger partial charge in [0.2, 0.25) is 5.91 Å². The van der Waals surface area contributed by atoms with E-state index in [1.807, 2.05) is 31.2 Å². The minimum absolute atomic E-state index is 0.0371. The van der Waals surface area contributed by atoms with Crippen LogP contribution >= 0.6 is 23.1 Å². The first-order chi connectivity index (χ1) is 12.1. The maximum absolute atomic E-state index is 12.6. The molecule has 3 rings (SSSR count). The molecule has 0 bridgehead atoms. The third-order valence-electron chi connectivity index (χ3n) is 3.54. The second-order valence-electron chi connectivity index (χ2n) is 5.14. The largest absolute Gasteiger partial charge is 0.288 e. The predicted octanol–water partition coefficient (Wildman–Crippen LogP) is 4.35. The summed E-state index contributed by atoms with van der Waals surface area (Å²) in [5, 5.41) is 11.4. The summed E-state index contributed by atoms with van der Waals surface area (Å²) in [7, 11) is 0. The molecule has 8 heteroatoms. The zero-order valence-corrected chi connectivity index (χ0v) is 15.0. The van der Waals surface area contributed by atoms with Crippen molar-refractivity contribution in [1.29, 1.82) is 0 Å². The van der Waals surface area contributed by atoms with Gasteiger partial charge in [0.1, 0.15) is 0 Å². The maximum Gasteiger partial charge on any atom is 0.269 e. The molecule has 2 aromatic carbocycles. The van der Waals surface area contributed by atoms with Crippen molar-refractivity contribution in [3.8, 4) is 0 Å². The van der Waals surface area contributed by atoms with Crippen LogP contribution in [0.3, 0.4) is 0 Å². The van der Waals surface area contributed by atoms with Gasteiger partial charge in [-0.2, -0.15) is 0 Å². The van der Waals surface area contributed by atoms with Crippen molar-refractivity contribution in [2.75, 3.05) is 17.2 Å². The summed E-state index contributed by atoms with van der Waals surface area (Å²) in [6.07, 6.45) is 0. The number of thioether (sulfide) groups is 1. The summed E-state index contributed by atoms with van der Waals surface area (Å²) in [5.74, 6) is 0.214. The molecule has 0 saturated heterocycles. The van der Waals surface area contributed by atoms with E-state index >= 15 is 0 Å². The quantitative estimate of drug-likeness (QED) is 0.365. The number of hydrogen-bond donors (Lipinski definition) is 0. The number of thiazole rings is 1. The first kappa shape index (κ1) is 17.4. The molecule has 0 fully saturated rings. The minimum Gasteiger partial charge on any atom is -0.288 e. The van der Waals surface area contributed by atoms with E-state index in [0.29, 0.717) is 11.7 Å². The Labute approximate surface area is 152 Å². The summed E-state index contributed by atoms with van der Waals surface area (Å²) in [6, 6.07) is 14.0. The standard InChI is InChI=1S/C17H15N3O3S2/c1-2-19(17-18-14-5-3-4-6-15(14)25-17)16(21)11-24-13-9-7-12(8-10-13)20(22)23/h3-10H,2,11H2,1H3. The number of anilines is 1. The molecule has 1 heterocycles. The predicted molar refractivity (Wildman–Crippen MR) is 101 cm³/mol. The Morgan fingerprint density at radius 3 is 2.60 bits per heavy atom. The lowest BCUT2D eigenvalue weighted by Gasteiger charge is -2.17. The van der Waals surface area contributed by atoms with Gasteiger partial charge in [-0.1, -0.05) is 23.5 Å². The van der Waals surface area contributed by atoms with Gasteiger partial charge in [0.25, 0.3) is 5.69 Å². The number of nitro benzene ring substituents is 1. The molecule has 1 aromatic heterocycles. The van der Waals surface area contributed by atoms with E-state index in [2.05, 4.69) is 4.98 Å². The van der Waals surface area contributed by atoms with E-state index in [0.717, 1.165) is 15.1 Å². The molecule has 1 amide bonds. The Balaban J connectivity index is 1.68. The van der Waals surface area contributed by atoms with E-state index in [1.54, 1.807) is 17.0 Å². The fourth-order valence-electron chi connectivity index (χ4n) is 2.28. The zero-order valence-electron chi connectivity index (χ0n) is 13.4. The lowest BCUT2D eigenvalue weighted by atomic mass is 10.3. The van der Waals surface area contributed by atoms with E-state index in [-0.39, 0.29) is 17.3 Å². The fourth-order valence-corrected chi connectivity index (χ4v) is 4.10. The van der Waals surface area contributed by atoms with Crippen LogP contribution < -0.4 is 4.90 Å². The lowest BCUT2D eigenvalue weighted by Crippen LogP contribution is -2.31. The Morgan fingerprint density at radius 1 is 1.24 bits per heavy atom. The molecule has 0 saturated carbocycles. The maximum atomic E-state index is 12.6. The smallest absolute Gasteiger partial charge is 0.269 e. The fraction of sp³-hybridized carbons (Fsp3) is 0.176. The molecular weight excluding hydrogens is 358 g/mol. The van der Waals surface area contributed by atoms with E-state index in [4.69, 9.17) is 0 Å². The highest BCUT2D eigenvalue weighted by Crippen LogP contribution is 2.29. The number of hydrogen-bond acceptors (Lipinski definition) is 6. The highest BCUT2D eigenvalue weighted by Gasteiger charge is 2.18. The van der Waals surface area contributed by atoms with Gasteiger partial charge in [-0.05, 0) is 31.2 Å². The molecule has 0 aliphatic rings. The summed E-state index contributed by atoms with van der Waals surface area (Å²) >= 11 is 2.85. The molecule has 0 aliphatic carbocycles. The Hall–Kier alpha value is -2.45. The van der Waals surface area contributed by atoms with Crippen molar-refractivity contribution in [2.45, 2.75) is 11.8 Å². The molecule has 0 atom stereocenters. The number of carbonyl (C=O) groups excluding carboxylic acids is 1. The normalized spacial score (nSPS) is 10.8. The summed E-state index contributed by atoms with van der Waals surface area (Å²) in [6.45, 7) is 2.46. The van der Waals surface area contributed by atoms with Gasteiger partial charge in [-0.15, -0.1) is 11.8 Å². The molecule has 0 aliphatic heterocycles. The molecule has 128 valence electrons. The van der Waals surface area contributed by atoms with Crippen molar-refractivity contribution in [3.63, 3.8) is 0 Å². The van der Waals surface area contributed by atoms with E-state index < -0.39 is 4.92 Å². The van der Waals surface area contributed by atoms with Crippen molar-refractivity contribution >= 4 is 50.0 Å². The number of fused-ring (bicyclic) bond motifs is 1. The SMILES string of the molecule is CCN(C(=O)CSc1ccc([N+](=O)[O-])cc1)c1nc2ccccc2s1. The second kappa shape index (κ2) is 7.62. The number of para-hydroxylation sites is 1. The number of amides is 1. The Bertz CT molecular complexity index is 876. The van der Waals surface area contributed by atoms with Gasteiger partial charge in [0.05, 0.1) is 20.9 Å². The van der Waals surface area contributed by atoms with Crippen LogP contribution in [0.2, 0.25) is 0 Å². The van der Waals surface area contributed by atoms with Crippen molar-refractivity contribution in [1.82, 2.24) is 4.98 Å². The summed E-state index contributed by atoms with van der Waals surface area (Å²) < 4.78 is 1.05. The number of nitrogens with zero attached hydrogens (tertiary/aromatic N) is 3. The van der Waals surface area contributed by atoms with Crippen LogP contribution in [0.1, 0.15) is 6.92 Å². The molecule has 0 spiro atoms. The van der Waals surface area contributed by atoms with E-state index in [9.17, 15) is 14.9 Å². The van der Waals surface area contributed by atoms with Gasteiger partial charge in [-0.3, -0.25) is 19.8 Å². The van der Waals surface area contributed by atoms with Gasteiger partial charge in [0.15, 0.2) is 5.13 Å². The molecule has 3 aromatic rings. The third kappa shape index (κ3) is 3.97. The number of aromatic nitrogens is 1. The van der Waals surface area contributed by atoms with Crippen LogP contribution in [0.5, 0.6) is 0 Å². The highest BCUT2D eigenvalue weighted by atomic mass is 32.2. The molecule has 0 N–H and O–H groups in total.